The van der Waals surface area contributed by atoms with Crippen LogP contribution in [0.3, 0.4) is 0 Å². The Labute approximate surface area is 70.2 Å². The molecule has 0 aromatic carbocycles. The molecule has 66 valence electrons. The van der Waals surface area contributed by atoms with E-state index in [1.807, 2.05) is 0 Å². The van der Waals surface area contributed by atoms with E-state index in [-0.39, 0.29) is 11.0 Å². The predicted molar refractivity (Wildman–Crippen MR) is 47.7 cm³/mol. The number of hydrogen-bond donors (Lipinski definition) is 1. The van der Waals surface area contributed by atoms with E-state index in [9.17, 15) is 8.96 Å². The van der Waals surface area contributed by atoms with Crippen molar-refractivity contribution in [2.75, 3.05) is 19.1 Å². The Morgan fingerprint density at radius 2 is 2.08 bits per heavy atom. The molecule has 1 aromatic heterocycles. The monoisotopic (exact) mass is 188 g/mol. The van der Waals surface area contributed by atoms with Gasteiger partial charge in [0.2, 0.25) is 0 Å². The lowest BCUT2D eigenvalue weighted by atomic mass is 10.4. The van der Waals surface area contributed by atoms with Gasteiger partial charge in [-0.3, -0.25) is 4.98 Å². The van der Waals surface area contributed by atoms with E-state index < -0.39 is 13.0 Å². The number of nitrogens with two attached hydrogens (primary N) is 1. The maximum absolute atomic E-state index is 13.0. The van der Waals surface area contributed by atoms with Gasteiger partial charge < -0.3 is 10.3 Å². The van der Waals surface area contributed by atoms with Gasteiger partial charge >= 0.3 is 0 Å². The summed E-state index contributed by atoms with van der Waals surface area (Å²) in [5.41, 5.74) is 5.59. The van der Waals surface area contributed by atoms with Gasteiger partial charge in [-0.25, -0.2) is 4.39 Å². The first kappa shape index (κ1) is 9.20. The van der Waals surface area contributed by atoms with Gasteiger partial charge in [-0.1, -0.05) is 0 Å². The molecule has 0 saturated heterocycles. The zero-order valence-corrected chi connectivity index (χ0v) is 7.81. The van der Waals surface area contributed by atoms with E-state index in [1.165, 1.54) is 19.5 Å². The van der Waals surface area contributed by atoms with Gasteiger partial charge in [0.15, 0.2) is 5.82 Å². The molecule has 0 bridgehead atoms. The number of nitrogen functional groups attached to an aromatic ring is 1. The normalized spacial score (nSPS) is 11.6. The molecule has 0 spiro atoms. The Morgan fingerprint density at radius 3 is 2.42 bits per heavy atom. The fourth-order valence-corrected chi connectivity index (χ4v) is 2.26. The van der Waals surface area contributed by atoms with Gasteiger partial charge in [0.1, 0.15) is 7.14 Å². The Balaban J connectivity index is 3.42. The van der Waals surface area contributed by atoms with E-state index in [0.29, 0.717) is 0 Å². The summed E-state index contributed by atoms with van der Waals surface area (Å²) in [4.78, 5) is 3.54. The number of anilines is 1. The molecule has 0 amide bonds. The molecule has 0 atom stereocenters. The van der Waals surface area contributed by atoms with Crippen LogP contribution in [0.2, 0.25) is 0 Å². The molecule has 0 aliphatic rings. The molecule has 2 N–H and O–H groups in total. The summed E-state index contributed by atoms with van der Waals surface area (Å²) in [5, 5.41) is 0.0949. The van der Waals surface area contributed by atoms with Crippen molar-refractivity contribution in [3.8, 4) is 0 Å². The molecule has 0 aliphatic heterocycles. The van der Waals surface area contributed by atoms with Gasteiger partial charge in [-0.2, -0.15) is 0 Å². The summed E-state index contributed by atoms with van der Waals surface area (Å²) in [6.07, 6.45) is 2.32. The van der Waals surface area contributed by atoms with Crippen molar-refractivity contribution in [2.45, 2.75) is 0 Å². The maximum Gasteiger partial charge on any atom is 0.154 e. The number of hydrogen-bond acceptors (Lipinski definition) is 3. The summed E-state index contributed by atoms with van der Waals surface area (Å²) in [6, 6.07) is 0. The highest BCUT2D eigenvalue weighted by Crippen LogP contribution is 2.37. The van der Waals surface area contributed by atoms with Crippen LogP contribution < -0.4 is 11.0 Å². The molecule has 3 nitrogen and oxygen atoms in total. The van der Waals surface area contributed by atoms with E-state index in [4.69, 9.17) is 5.73 Å². The third-order valence-corrected chi connectivity index (χ3v) is 2.99. The Hall–Kier alpha value is -0.890. The molecule has 5 heteroatoms. The SMILES string of the molecule is CP(C)(=O)c1c(N)cncc1F. The minimum absolute atomic E-state index is 0.0949. The van der Waals surface area contributed by atoms with Crippen LogP contribution in [0.4, 0.5) is 10.1 Å². The van der Waals surface area contributed by atoms with Crippen molar-refractivity contribution in [3.63, 3.8) is 0 Å². The van der Waals surface area contributed by atoms with Crippen molar-refractivity contribution < 1.29 is 8.96 Å². The highest BCUT2D eigenvalue weighted by molar-refractivity contribution is 7.70. The molecule has 1 aromatic rings. The average Bonchev–Trinajstić information content (AvgIpc) is 1.82. The first-order valence-electron chi connectivity index (χ1n) is 3.37. The smallest absolute Gasteiger partial charge is 0.154 e. The van der Waals surface area contributed by atoms with Crippen molar-refractivity contribution in [1.29, 1.82) is 0 Å². The van der Waals surface area contributed by atoms with E-state index in [2.05, 4.69) is 4.98 Å². The van der Waals surface area contributed by atoms with Crippen molar-refractivity contribution in [1.82, 2.24) is 4.98 Å². The molecule has 0 saturated carbocycles. The number of nitrogens with zero attached hydrogens (tertiary/aromatic N) is 1. The van der Waals surface area contributed by atoms with Crippen LogP contribution in [0.15, 0.2) is 12.4 Å². The molecule has 0 unspecified atom stereocenters. The molecule has 0 fully saturated rings. The summed E-state index contributed by atoms with van der Waals surface area (Å²) >= 11 is 0. The molecule has 1 heterocycles. The molecule has 0 aliphatic carbocycles. The van der Waals surface area contributed by atoms with Crippen LogP contribution in [0, 0.1) is 5.82 Å². The van der Waals surface area contributed by atoms with Crippen LogP contribution in [0.5, 0.6) is 0 Å². The largest absolute Gasteiger partial charge is 0.397 e. The van der Waals surface area contributed by atoms with Gasteiger partial charge in [0.25, 0.3) is 0 Å². The quantitative estimate of drug-likeness (QED) is 0.670. The Bertz CT molecular complexity index is 327. The number of pyridine rings is 1. The van der Waals surface area contributed by atoms with Crippen LogP contribution in [-0.4, -0.2) is 18.3 Å². The maximum atomic E-state index is 13.0. The average molecular weight is 188 g/mol. The first-order valence-corrected chi connectivity index (χ1v) is 5.97. The molecule has 0 radical (unpaired) electrons. The number of rotatable bonds is 1. The third kappa shape index (κ3) is 1.64. The topological polar surface area (TPSA) is 56.0 Å². The Kier molecular flexibility index (Phi) is 2.20. The lowest BCUT2D eigenvalue weighted by Crippen LogP contribution is -2.14. The molecular formula is C7H10FN2OP. The summed E-state index contributed by atoms with van der Waals surface area (Å²) < 4.78 is 24.5. The standard InChI is InChI=1S/C7H10FN2OP/c1-12(2,11)7-5(8)3-10-4-6(7)9/h3-4H,9H2,1-2H3. The van der Waals surface area contributed by atoms with Crippen LogP contribution in [0.1, 0.15) is 0 Å². The van der Waals surface area contributed by atoms with Crippen LogP contribution in [-0.2, 0) is 4.57 Å². The van der Waals surface area contributed by atoms with Gasteiger partial charge in [-0.15, -0.1) is 0 Å². The highest BCUT2D eigenvalue weighted by Gasteiger charge is 2.19. The second-order valence-corrected chi connectivity index (χ2v) is 6.06. The second-order valence-electron chi connectivity index (χ2n) is 2.91. The fourth-order valence-electron chi connectivity index (χ4n) is 1.01. The van der Waals surface area contributed by atoms with Crippen molar-refractivity contribution in [3.05, 3.63) is 18.2 Å². The number of aromatic nitrogens is 1. The minimum Gasteiger partial charge on any atom is -0.397 e. The molecule has 12 heavy (non-hydrogen) atoms. The van der Waals surface area contributed by atoms with E-state index >= 15 is 0 Å². The van der Waals surface area contributed by atoms with Gasteiger partial charge in [0, 0.05) is 0 Å². The summed E-state index contributed by atoms with van der Waals surface area (Å²) in [6.45, 7) is 2.95. The van der Waals surface area contributed by atoms with Crippen molar-refractivity contribution >= 4 is 18.1 Å². The minimum atomic E-state index is -2.63. The summed E-state index contributed by atoms with van der Waals surface area (Å²) in [5.74, 6) is -0.594. The summed E-state index contributed by atoms with van der Waals surface area (Å²) in [7, 11) is -2.63. The molecule has 1 rings (SSSR count). The zero-order chi connectivity index (χ0) is 9.35. The number of halogens is 1. The van der Waals surface area contributed by atoms with Crippen LogP contribution in [0.25, 0.3) is 0 Å². The fraction of sp³-hybridized carbons (Fsp3) is 0.286. The predicted octanol–water partition coefficient (Wildman–Crippen LogP) is 1.05. The lowest BCUT2D eigenvalue weighted by molar-refractivity contribution is 0.584. The first-order chi connectivity index (χ1) is 5.43. The van der Waals surface area contributed by atoms with Crippen LogP contribution >= 0.6 is 7.14 Å². The highest BCUT2D eigenvalue weighted by atomic mass is 31.2. The van der Waals surface area contributed by atoms with E-state index in [0.717, 1.165) is 6.20 Å². The molecular weight excluding hydrogens is 178 g/mol. The second kappa shape index (κ2) is 2.87. The zero-order valence-electron chi connectivity index (χ0n) is 6.91. The van der Waals surface area contributed by atoms with E-state index in [1.54, 1.807) is 0 Å². The Morgan fingerprint density at radius 1 is 1.50 bits per heavy atom. The van der Waals surface area contributed by atoms with Gasteiger partial charge in [-0.05, 0) is 13.3 Å². The third-order valence-electron chi connectivity index (χ3n) is 1.44. The van der Waals surface area contributed by atoms with Gasteiger partial charge in [0.05, 0.1) is 23.4 Å². The lowest BCUT2D eigenvalue weighted by Gasteiger charge is -2.09. The van der Waals surface area contributed by atoms with Crippen molar-refractivity contribution in [2.24, 2.45) is 0 Å².